The van der Waals surface area contributed by atoms with Crippen LogP contribution in [0.1, 0.15) is 42.0 Å². The molecule has 2 fully saturated rings. The highest BCUT2D eigenvalue weighted by atomic mass is 16.5. The van der Waals surface area contributed by atoms with Crippen LogP contribution in [0.4, 0.5) is 0 Å². The van der Waals surface area contributed by atoms with Gasteiger partial charge in [0.1, 0.15) is 0 Å². The number of pyridine rings is 1. The van der Waals surface area contributed by atoms with Crippen LogP contribution >= 0.6 is 0 Å². The summed E-state index contributed by atoms with van der Waals surface area (Å²) in [5.41, 5.74) is 3.56. The quantitative estimate of drug-likeness (QED) is 0.438. The van der Waals surface area contributed by atoms with E-state index in [9.17, 15) is 4.79 Å². The highest BCUT2D eigenvalue weighted by Gasteiger charge is 2.34. The molecule has 200 valence electrons. The fourth-order valence-electron chi connectivity index (χ4n) is 6.05. The summed E-state index contributed by atoms with van der Waals surface area (Å²) >= 11 is 0. The van der Waals surface area contributed by atoms with E-state index in [1.807, 2.05) is 24.4 Å². The van der Waals surface area contributed by atoms with Gasteiger partial charge in [-0.3, -0.25) is 19.6 Å². The second-order valence-electron chi connectivity index (χ2n) is 10.5. The Morgan fingerprint density at radius 2 is 1.61 bits per heavy atom. The van der Waals surface area contributed by atoms with Crippen LogP contribution in [0.15, 0.2) is 85.1 Å². The molecule has 2 aliphatic rings. The molecule has 0 spiro atoms. The fraction of sp³-hybridized carbons (Fsp3) is 0.438. The normalized spacial score (nSPS) is 20.9. The zero-order valence-corrected chi connectivity index (χ0v) is 22.3. The van der Waals surface area contributed by atoms with E-state index in [1.165, 1.54) is 11.1 Å². The van der Waals surface area contributed by atoms with Gasteiger partial charge < -0.3 is 10.1 Å². The van der Waals surface area contributed by atoms with Gasteiger partial charge in [-0.1, -0.05) is 66.7 Å². The van der Waals surface area contributed by atoms with Crippen molar-refractivity contribution in [2.24, 2.45) is 5.92 Å². The van der Waals surface area contributed by atoms with Crippen LogP contribution in [0.3, 0.4) is 0 Å². The van der Waals surface area contributed by atoms with Crippen molar-refractivity contribution in [3.8, 4) is 0 Å². The van der Waals surface area contributed by atoms with Gasteiger partial charge in [-0.05, 0) is 42.0 Å². The van der Waals surface area contributed by atoms with Gasteiger partial charge in [0.15, 0.2) is 0 Å². The minimum atomic E-state index is 0.143. The smallest absolute Gasteiger partial charge is 0.220 e. The van der Waals surface area contributed by atoms with Crippen molar-refractivity contribution in [1.29, 1.82) is 0 Å². The summed E-state index contributed by atoms with van der Waals surface area (Å²) in [6.07, 6.45) is 4.45. The molecule has 2 saturated heterocycles. The summed E-state index contributed by atoms with van der Waals surface area (Å²) < 4.78 is 5.63. The molecule has 6 heteroatoms. The maximum absolute atomic E-state index is 13.1. The largest absolute Gasteiger partial charge is 0.379 e. The average molecular weight is 513 g/mol. The highest BCUT2D eigenvalue weighted by Crippen LogP contribution is 2.28. The number of benzene rings is 2. The third-order valence-electron chi connectivity index (χ3n) is 8.05. The predicted molar refractivity (Wildman–Crippen MR) is 151 cm³/mol. The first-order valence-electron chi connectivity index (χ1n) is 14.1. The molecule has 1 N–H and O–H groups in total. The fourth-order valence-corrected chi connectivity index (χ4v) is 6.05. The van der Waals surface area contributed by atoms with Gasteiger partial charge in [0.25, 0.3) is 0 Å². The van der Waals surface area contributed by atoms with Crippen LogP contribution in [-0.2, 0) is 16.1 Å². The van der Waals surface area contributed by atoms with E-state index in [-0.39, 0.29) is 11.8 Å². The molecule has 2 aliphatic heterocycles. The number of hydrogen-bond acceptors (Lipinski definition) is 5. The lowest BCUT2D eigenvalue weighted by Crippen LogP contribution is -2.54. The zero-order valence-electron chi connectivity index (χ0n) is 22.3. The van der Waals surface area contributed by atoms with Crippen LogP contribution in [0.5, 0.6) is 0 Å². The minimum absolute atomic E-state index is 0.143. The predicted octanol–water partition coefficient (Wildman–Crippen LogP) is 4.33. The van der Waals surface area contributed by atoms with E-state index >= 15 is 0 Å². The standard InChI is InChI=1S/C32H40N4O2/c37-32(34-23-30(26-9-3-1-4-10-26)27-11-5-2-6-12-27)15-14-28-24-35(25-29-13-7-8-17-33-29)18-16-31(28)36-19-21-38-22-20-36/h1-13,17,28,30-31H,14-16,18-25H2,(H,34,37)/t28-,31+/m0/s1. The summed E-state index contributed by atoms with van der Waals surface area (Å²) in [4.78, 5) is 22.8. The van der Waals surface area contributed by atoms with E-state index < -0.39 is 0 Å². The number of nitrogens with zero attached hydrogens (tertiary/aromatic N) is 3. The molecular formula is C32H40N4O2. The van der Waals surface area contributed by atoms with Crippen LogP contribution in [0.2, 0.25) is 0 Å². The number of hydrogen-bond donors (Lipinski definition) is 1. The molecule has 3 aromatic rings. The molecule has 0 saturated carbocycles. The van der Waals surface area contributed by atoms with Crippen molar-refractivity contribution in [3.63, 3.8) is 0 Å². The average Bonchev–Trinajstić information content (AvgIpc) is 2.98. The van der Waals surface area contributed by atoms with E-state index in [0.29, 0.717) is 24.9 Å². The van der Waals surface area contributed by atoms with Crippen LogP contribution in [0.25, 0.3) is 0 Å². The molecule has 3 heterocycles. The number of nitrogens with one attached hydrogen (secondary N) is 1. The summed E-state index contributed by atoms with van der Waals surface area (Å²) in [6, 6.07) is 27.6. The summed E-state index contributed by atoms with van der Waals surface area (Å²) in [6.45, 7) is 7.14. The second kappa shape index (κ2) is 13.7. The van der Waals surface area contributed by atoms with Crippen molar-refractivity contribution in [2.75, 3.05) is 45.9 Å². The Hall–Kier alpha value is -3.06. The first kappa shape index (κ1) is 26.5. The van der Waals surface area contributed by atoms with Crippen LogP contribution < -0.4 is 5.32 Å². The number of carbonyl (C=O) groups excluding carboxylic acids is 1. The Kier molecular flexibility index (Phi) is 9.54. The summed E-state index contributed by atoms with van der Waals surface area (Å²) in [5.74, 6) is 0.741. The highest BCUT2D eigenvalue weighted by molar-refractivity contribution is 5.76. The molecule has 0 unspecified atom stereocenters. The van der Waals surface area contributed by atoms with Gasteiger partial charge in [-0.2, -0.15) is 0 Å². The van der Waals surface area contributed by atoms with Crippen molar-refractivity contribution in [2.45, 2.75) is 37.8 Å². The van der Waals surface area contributed by atoms with E-state index in [2.05, 4.69) is 80.8 Å². The number of amides is 1. The monoisotopic (exact) mass is 512 g/mol. The van der Waals surface area contributed by atoms with Gasteiger partial charge in [0.2, 0.25) is 5.91 Å². The molecular weight excluding hydrogens is 472 g/mol. The van der Waals surface area contributed by atoms with E-state index in [0.717, 1.165) is 64.5 Å². The van der Waals surface area contributed by atoms with Crippen molar-refractivity contribution in [3.05, 3.63) is 102 Å². The number of ether oxygens (including phenoxy) is 1. The molecule has 2 aromatic carbocycles. The van der Waals surface area contributed by atoms with Crippen molar-refractivity contribution < 1.29 is 9.53 Å². The Balaban J connectivity index is 1.20. The maximum Gasteiger partial charge on any atom is 0.220 e. The number of rotatable bonds is 10. The summed E-state index contributed by atoms with van der Waals surface area (Å²) in [7, 11) is 0. The van der Waals surface area contributed by atoms with Crippen LogP contribution in [-0.4, -0.2) is 72.7 Å². The number of carbonyl (C=O) groups is 1. The molecule has 1 amide bonds. The van der Waals surface area contributed by atoms with Gasteiger partial charge in [-0.25, -0.2) is 0 Å². The Morgan fingerprint density at radius 1 is 0.921 bits per heavy atom. The topological polar surface area (TPSA) is 57.7 Å². The SMILES string of the molecule is O=C(CC[C@H]1CN(Cc2ccccn2)CC[C@H]1N1CCOCC1)NCC(c1ccccc1)c1ccccc1. The van der Waals surface area contributed by atoms with Gasteiger partial charge in [-0.15, -0.1) is 0 Å². The lowest BCUT2D eigenvalue weighted by Gasteiger charge is -2.45. The number of piperidine rings is 1. The number of morpholine rings is 1. The summed E-state index contributed by atoms with van der Waals surface area (Å²) in [5, 5.41) is 3.27. The maximum atomic E-state index is 13.1. The molecule has 38 heavy (non-hydrogen) atoms. The number of likely N-dealkylation sites (tertiary alicyclic amines) is 1. The molecule has 6 nitrogen and oxygen atoms in total. The molecule has 0 aliphatic carbocycles. The zero-order chi connectivity index (χ0) is 26.0. The first-order valence-corrected chi connectivity index (χ1v) is 14.1. The van der Waals surface area contributed by atoms with Crippen LogP contribution in [0, 0.1) is 5.92 Å². The Labute approximate surface area is 227 Å². The van der Waals surface area contributed by atoms with Gasteiger partial charge >= 0.3 is 0 Å². The van der Waals surface area contributed by atoms with Gasteiger partial charge in [0.05, 0.1) is 18.9 Å². The second-order valence-corrected chi connectivity index (χ2v) is 10.5. The minimum Gasteiger partial charge on any atom is -0.379 e. The molecule has 0 bridgehead atoms. The lowest BCUT2D eigenvalue weighted by atomic mass is 9.86. The molecule has 5 rings (SSSR count). The van der Waals surface area contributed by atoms with Crippen molar-refractivity contribution in [1.82, 2.24) is 20.1 Å². The van der Waals surface area contributed by atoms with Gasteiger partial charge in [0, 0.05) is 63.8 Å². The molecule has 2 atom stereocenters. The van der Waals surface area contributed by atoms with E-state index in [4.69, 9.17) is 4.74 Å². The lowest BCUT2D eigenvalue weighted by molar-refractivity contribution is -0.121. The first-order chi connectivity index (χ1) is 18.8. The third kappa shape index (κ3) is 7.28. The molecule has 1 aromatic heterocycles. The van der Waals surface area contributed by atoms with E-state index in [1.54, 1.807) is 0 Å². The Bertz CT molecular complexity index is 1070. The number of aromatic nitrogens is 1. The third-order valence-corrected chi connectivity index (χ3v) is 8.05. The Morgan fingerprint density at radius 3 is 2.26 bits per heavy atom. The molecule has 0 radical (unpaired) electrons. The van der Waals surface area contributed by atoms with Crippen molar-refractivity contribution >= 4 is 5.91 Å².